The summed E-state index contributed by atoms with van der Waals surface area (Å²) in [4.78, 5) is 11.2. The molecule has 14 heavy (non-hydrogen) atoms. The molecule has 0 aliphatic carbocycles. The average Bonchev–Trinajstić information content (AvgIpc) is 1.98. The molecule has 4 heteroatoms. The smallest absolute Gasteiger partial charge is 0.407 e. The summed E-state index contributed by atoms with van der Waals surface area (Å²) in [5.74, 6) is 0. The van der Waals surface area contributed by atoms with Crippen molar-refractivity contribution in [2.75, 3.05) is 6.54 Å². The number of amides is 1. The Hall–Kier alpha value is -1.19. The van der Waals surface area contributed by atoms with Gasteiger partial charge in [-0.15, -0.1) is 0 Å². The second-order valence-corrected chi connectivity index (χ2v) is 4.04. The average molecular weight is 200 g/mol. The Balaban J connectivity index is 3.81. The normalized spacial score (nSPS) is 12.4. The lowest BCUT2D eigenvalue weighted by Gasteiger charge is -2.19. The SMILES string of the molecule is CC/C=C(\N)CNC(=O)OC(C)(C)C. The van der Waals surface area contributed by atoms with E-state index in [2.05, 4.69) is 5.32 Å². The highest BCUT2D eigenvalue weighted by Crippen LogP contribution is 2.06. The molecule has 0 spiro atoms. The Morgan fingerprint density at radius 2 is 2.07 bits per heavy atom. The maximum absolute atomic E-state index is 11.2. The number of nitrogens with two attached hydrogens (primary N) is 1. The predicted octanol–water partition coefficient (Wildman–Crippen LogP) is 1.76. The van der Waals surface area contributed by atoms with Crippen LogP contribution in [0.5, 0.6) is 0 Å². The number of alkyl carbamates (subject to hydrolysis) is 1. The molecule has 0 saturated heterocycles. The first-order valence-corrected chi connectivity index (χ1v) is 4.76. The zero-order valence-corrected chi connectivity index (χ0v) is 9.39. The van der Waals surface area contributed by atoms with E-state index in [0.29, 0.717) is 12.2 Å². The minimum atomic E-state index is -0.465. The first-order valence-electron chi connectivity index (χ1n) is 4.76. The highest BCUT2D eigenvalue weighted by atomic mass is 16.6. The summed E-state index contributed by atoms with van der Waals surface area (Å²) >= 11 is 0. The Kier molecular flexibility index (Phi) is 5.05. The van der Waals surface area contributed by atoms with Crippen molar-refractivity contribution in [3.8, 4) is 0 Å². The van der Waals surface area contributed by atoms with Crippen molar-refractivity contribution in [3.63, 3.8) is 0 Å². The van der Waals surface area contributed by atoms with Crippen molar-refractivity contribution in [1.82, 2.24) is 5.32 Å². The van der Waals surface area contributed by atoms with Crippen LogP contribution in [0.2, 0.25) is 0 Å². The van der Waals surface area contributed by atoms with Gasteiger partial charge in [-0.3, -0.25) is 0 Å². The molecule has 4 nitrogen and oxygen atoms in total. The summed E-state index contributed by atoms with van der Waals surface area (Å²) < 4.78 is 5.03. The molecular formula is C10H20N2O2. The fourth-order valence-electron chi connectivity index (χ4n) is 0.823. The molecule has 0 aliphatic rings. The maximum atomic E-state index is 11.2. The molecule has 0 unspecified atom stereocenters. The van der Waals surface area contributed by atoms with Crippen LogP contribution in [-0.2, 0) is 4.74 Å². The van der Waals surface area contributed by atoms with E-state index in [1.165, 1.54) is 0 Å². The van der Waals surface area contributed by atoms with Crippen LogP contribution >= 0.6 is 0 Å². The van der Waals surface area contributed by atoms with E-state index < -0.39 is 11.7 Å². The summed E-state index contributed by atoms with van der Waals surface area (Å²) in [6.45, 7) is 7.77. The molecule has 1 amide bonds. The fourth-order valence-corrected chi connectivity index (χ4v) is 0.823. The standard InChI is InChI=1S/C10H20N2O2/c1-5-6-8(11)7-12-9(13)14-10(2,3)4/h6H,5,7,11H2,1-4H3,(H,12,13)/b8-6-. The van der Waals surface area contributed by atoms with Gasteiger partial charge in [0, 0.05) is 5.70 Å². The van der Waals surface area contributed by atoms with Gasteiger partial charge in [0.15, 0.2) is 0 Å². The summed E-state index contributed by atoms with van der Waals surface area (Å²) in [5, 5.41) is 2.57. The number of rotatable bonds is 3. The molecule has 0 saturated carbocycles. The number of ether oxygens (including phenoxy) is 1. The van der Waals surface area contributed by atoms with Gasteiger partial charge in [-0.05, 0) is 27.2 Å². The van der Waals surface area contributed by atoms with Gasteiger partial charge in [0.1, 0.15) is 5.60 Å². The summed E-state index contributed by atoms with van der Waals surface area (Å²) in [6, 6.07) is 0. The van der Waals surface area contributed by atoms with Crippen LogP contribution in [0.25, 0.3) is 0 Å². The molecule has 0 aromatic carbocycles. The molecule has 0 rings (SSSR count). The Bertz CT molecular complexity index is 217. The Morgan fingerprint density at radius 1 is 1.50 bits per heavy atom. The third-order valence-electron chi connectivity index (χ3n) is 1.30. The van der Waals surface area contributed by atoms with Crippen molar-refractivity contribution in [2.45, 2.75) is 39.7 Å². The quantitative estimate of drug-likeness (QED) is 0.729. The van der Waals surface area contributed by atoms with Crippen molar-refractivity contribution < 1.29 is 9.53 Å². The lowest BCUT2D eigenvalue weighted by atomic mass is 10.2. The third kappa shape index (κ3) is 7.46. The largest absolute Gasteiger partial charge is 0.444 e. The maximum Gasteiger partial charge on any atom is 0.407 e. The lowest BCUT2D eigenvalue weighted by molar-refractivity contribution is 0.0532. The van der Waals surface area contributed by atoms with Crippen LogP contribution in [0.3, 0.4) is 0 Å². The molecule has 0 aromatic rings. The van der Waals surface area contributed by atoms with Gasteiger partial charge in [-0.25, -0.2) is 4.79 Å². The summed E-state index contributed by atoms with van der Waals surface area (Å²) in [7, 11) is 0. The number of hydrogen-bond acceptors (Lipinski definition) is 3. The zero-order valence-electron chi connectivity index (χ0n) is 9.39. The van der Waals surface area contributed by atoms with Crippen LogP contribution < -0.4 is 11.1 Å². The van der Waals surface area contributed by atoms with E-state index in [1.807, 2.05) is 33.8 Å². The van der Waals surface area contributed by atoms with Crippen LogP contribution in [0, 0.1) is 0 Å². The highest BCUT2D eigenvalue weighted by Gasteiger charge is 2.15. The Labute approximate surface area is 85.5 Å². The lowest BCUT2D eigenvalue weighted by Crippen LogP contribution is -2.34. The summed E-state index contributed by atoms with van der Waals surface area (Å²) in [5.41, 5.74) is 5.77. The van der Waals surface area contributed by atoms with Gasteiger partial charge in [-0.1, -0.05) is 13.0 Å². The van der Waals surface area contributed by atoms with E-state index in [-0.39, 0.29) is 0 Å². The molecule has 0 bridgehead atoms. The number of carbonyl (C=O) groups excluding carboxylic acids is 1. The molecule has 0 aliphatic heterocycles. The Morgan fingerprint density at radius 3 is 2.50 bits per heavy atom. The monoisotopic (exact) mass is 200 g/mol. The highest BCUT2D eigenvalue weighted by molar-refractivity contribution is 5.67. The van der Waals surface area contributed by atoms with Crippen molar-refractivity contribution in [1.29, 1.82) is 0 Å². The molecular weight excluding hydrogens is 180 g/mol. The zero-order chi connectivity index (χ0) is 11.2. The van der Waals surface area contributed by atoms with Crippen molar-refractivity contribution in [2.24, 2.45) is 5.73 Å². The van der Waals surface area contributed by atoms with Crippen LogP contribution in [0.15, 0.2) is 11.8 Å². The van der Waals surface area contributed by atoms with E-state index in [9.17, 15) is 4.79 Å². The number of hydrogen-bond donors (Lipinski definition) is 2. The van der Waals surface area contributed by atoms with Gasteiger partial charge in [-0.2, -0.15) is 0 Å². The molecule has 0 heterocycles. The topological polar surface area (TPSA) is 64.3 Å². The van der Waals surface area contributed by atoms with Gasteiger partial charge in [0.2, 0.25) is 0 Å². The van der Waals surface area contributed by atoms with Crippen molar-refractivity contribution in [3.05, 3.63) is 11.8 Å². The molecule has 0 aromatic heterocycles. The van der Waals surface area contributed by atoms with E-state index >= 15 is 0 Å². The third-order valence-corrected chi connectivity index (χ3v) is 1.30. The minimum absolute atomic E-state index is 0.336. The second-order valence-electron chi connectivity index (χ2n) is 4.04. The van der Waals surface area contributed by atoms with Crippen LogP contribution in [0.4, 0.5) is 4.79 Å². The van der Waals surface area contributed by atoms with Gasteiger partial charge >= 0.3 is 6.09 Å². The molecule has 0 radical (unpaired) electrons. The molecule has 82 valence electrons. The molecule has 0 fully saturated rings. The van der Waals surface area contributed by atoms with Gasteiger partial charge < -0.3 is 15.8 Å². The number of allylic oxidation sites excluding steroid dienone is 1. The predicted molar refractivity (Wildman–Crippen MR) is 56.8 cm³/mol. The van der Waals surface area contributed by atoms with Crippen LogP contribution in [-0.4, -0.2) is 18.2 Å². The molecule has 0 atom stereocenters. The van der Waals surface area contributed by atoms with Crippen molar-refractivity contribution >= 4 is 6.09 Å². The summed E-state index contributed by atoms with van der Waals surface area (Å²) in [6.07, 6.45) is 2.28. The van der Waals surface area contributed by atoms with Gasteiger partial charge in [0.25, 0.3) is 0 Å². The fraction of sp³-hybridized carbons (Fsp3) is 0.700. The molecule has 3 N–H and O–H groups in total. The van der Waals surface area contributed by atoms with E-state index in [4.69, 9.17) is 10.5 Å². The van der Waals surface area contributed by atoms with E-state index in [0.717, 1.165) is 6.42 Å². The second kappa shape index (κ2) is 5.52. The van der Waals surface area contributed by atoms with E-state index in [1.54, 1.807) is 0 Å². The minimum Gasteiger partial charge on any atom is -0.444 e. The first-order chi connectivity index (χ1) is 6.35. The first kappa shape index (κ1) is 12.8. The van der Waals surface area contributed by atoms with Crippen LogP contribution in [0.1, 0.15) is 34.1 Å². The number of nitrogens with one attached hydrogen (secondary N) is 1. The number of carbonyl (C=O) groups is 1. The van der Waals surface area contributed by atoms with Gasteiger partial charge in [0.05, 0.1) is 6.54 Å².